The Bertz CT molecular complexity index is 3140. The standard InChI is InChI=1S/C46H27N3OS/c1-3-11-33-31(9-1)32-10-2-4-12-34(32)38-27-43-40(26-37(33)38)39-25-30(21-22-42(39)50-43)49(29-19-17-28(18-20-29)46-47-23-8-24-48-46)41-15-7-14-36-35-13-5-6-16-44(35)51-45(36)41/h1-27H. The molecule has 8 aromatic carbocycles. The van der Waals surface area contributed by atoms with Crippen molar-refractivity contribution in [1.29, 1.82) is 0 Å². The molecular formula is C46H27N3OS. The van der Waals surface area contributed by atoms with Gasteiger partial charge >= 0.3 is 0 Å². The molecule has 11 aromatic rings. The molecule has 0 saturated heterocycles. The number of furan rings is 1. The van der Waals surface area contributed by atoms with E-state index in [1.54, 1.807) is 12.4 Å². The van der Waals surface area contributed by atoms with Gasteiger partial charge in [-0.05, 0) is 105 Å². The van der Waals surface area contributed by atoms with Crippen LogP contribution in [0.3, 0.4) is 0 Å². The van der Waals surface area contributed by atoms with Gasteiger partial charge in [0.1, 0.15) is 11.2 Å². The lowest BCUT2D eigenvalue weighted by Gasteiger charge is -2.26. The van der Waals surface area contributed by atoms with Gasteiger partial charge in [0, 0.05) is 55.6 Å². The number of hydrogen-bond acceptors (Lipinski definition) is 5. The van der Waals surface area contributed by atoms with Crippen molar-refractivity contribution in [3.8, 4) is 11.4 Å². The van der Waals surface area contributed by atoms with Crippen molar-refractivity contribution in [2.24, 2.45) is 0 Å². The number of nitrogens with zero attached hydrogens (tertiary/aromatic N) is 3. The molecule has 0 spiro atoms. The zero-order valence-electron chi connectivity index (χ0n) is 27.2. The highest BCUT2D eigenvalue weighted by Gasteiger charge is 2.20. The largest absolute Gasteiger partial charge is 0.456 e. The van der Waals surface area contributed by atoms with E-state index in [4.69, 9.17) is 4.42 Å². The molecule has 11 rings (SSSR count). The third-order valence-corrected chi connectivity index (χ3v) is 11.4. The molecule has 5 heteroatoms. The van der Waals surface area contributed by atoms with E-state index in [1.165, 1.54) is 52.5 Å². The SMILES string of the molecule is c1cnc(-c2ccc(N(c3ccc4oc5cc6c7ccccc7c7ccccc7c6cc5c4c3)c3cccc4c3sc3ccccc34)cc2)nc1. The van der Waals surface area contributed by atoms with Gasteiger partial charge in [0.25, 0.3) is 0 Å². The van der Waals surface area contributed by atoms with Crippen LogP contribution in [0.15, 0.2) is 168 Å². The maximum Gasteiger partial charge on any atom is 0.159 e. The van der Waals surface area contributed by atoms with Crippen LogP contribution in [-0.2, 0) is 0 Å². The van der Waals surface area contributed by atoms with Crippen LogP contribution in [0.25, 0.3) is 85.8 Å². The molecule has 0 aliphatic carbocycles. The number of hydrogen-bond donors (Lipinski definition) is 0. The van der Waals surface area contributed by atoms with E-state index in [1.807, 2.05) is 17.4 Å². The average Bonchev–Trinajstić information content (AvgIpc) is 3.76. The Morgan fingerprint density at radius 1 is 0.431 bits per heavy atom. The predicted molar refractivity (Wildman–Crippen MR) is 215 cm³/mol. The molecule has 0 radical (unpaired) electrons. The van der Waals surface area contributed by atoms with Gasteiger partial charge < -0.3 is 9.32 Å². The van der Waals surface area contributed by atoms with Gasteiger partial charge in [-0.1, -0.05) is 78.9 Å². The quantitative estimate of drug-likeness (QED) is 0.175. The van der Waals surface area contributed by atoms with Gasteiger partial charge in [-0.15, -0.1) is 11.3 Å². The lowest BCUT2D eigenvalue weighted by Crippen LogP contribution is -2.10. The number of fused-ring (bicyclic) bond motifs is 12. The van der Waals surface area contributed by atoms with Crippen LogP contribution in [0, 0.1) is 0 Å². The van der Waals surface area contributed by atoms with E-state index in [-0.39, 0.29) is 0 Å². The van der Waals surface area contributed by atoms with Crippen molar-refractivity contribution >= 4 is 103 Å². The molecule has 0 bridgehead atoms. The molecule has 238 valence electrons. The number of aromatic nitrogens is 2. The Labute approximate surface area is 296 Å². The van der Waals surface area contributed by atoms with Crippen molar-refractivity contribution in [2.75, 3.05) is 4.90 Å². The summed E-state index contributed by atoms with van der Waals surface area (Å²) in [4.78, 5) is 11.3. The maximum absolute atomic E-state index is 6.61. The number of benzene rings is 8. The van der Waals surface area contributed by atoms with Crippen LogP contribution in [0.5, 0.6) is 0 Å². The van der Waals surface area contributed by atoms with E-state index >= 15 is 0 Å². The summed E-state index contributed by atoms with van der Waals surface area (Å²) in [5.74, 6) is 0.709. The predicted octanol–water partition coefficient (Wildman–Crippen LogP) is 13.3. The molecule has 0 aliphatic rings. The van der Waals surface area contributed by atoms with Crippen LogP contribution < -0.4 is 4.90 Å². The first-order valence-corrected chi connectivity index (χ1v) is 17.9. The first kappa shape index (κ1) is 28.3. The van der Waals surface area contributed by atoms with Crippen molar-refractivity contribution in [1.82, 2.24) is 9.97 Å². The fraction of sp³-hybridized carbons (Fsp3) is 0. The summed E-state index contributed by atoms with van der Waals surface area (Å²) < 4.78 is 9.14. The highest BCUT2D eigenvalue weighted by Crippen LogP contribution is 2.46. The number of thiophene rings is 1. The Morgan fingerprint density at radius 2 is 1.04 bits per heavy atom. The normalized spacial score (nSPS) is 11.9. The van der Waals surface area contributed by atoms with Crippen LogP contribution in [0.2, 0.25) is 0 Å². The molecule has 3 heterocycles. The van der Waals surface area contributed by atoms with Crippen LogP contribution in [-0.4, -0.2) is 9.97 Å². The minimum Gasteiger partial charge on any atom is -0.456 e. The molecule has 0 saturated carbocycles. The molecule has 0 amide bonds. The Morgan fingerprint density at radius 3 is 1.78 bits per heavy atom. The van der Waals surface area contributed by atoms with Crippen molar-refractivity contribution in [3.63, 3.8) is 0 Å². The van der Waals surface area contributed by atoms with Gasteiger partial charge in [-0.2, -0.15) is 0 Å². The van der Waals surface area contributed by atoms with E-state index in [9.17, 15) is 0 Å². The van der Waals surface area contributed by atoms with Crippen molar-refractivity contribution < 1.29 is 4.42 Å². The average molecular weight is 670 g/mol. The van der Waals surface area contributed by atoms with Crippen LogP contribution in [0.1, 0.15) is 0 Å². The molecule has 0 aliphatic heterocycles. The topological polar surface area (TPSA) is 42.2 Å². The number of anilines is 3. The monoisotopic (exact) mass is 669 g/mol. The summed E-state index contributed by atoms with van der Waals surface area (Å²) in [6.45, 7) is 0. The maximum atomic E-state index is 6.61. The Hall–Kier alpha value is -6.56. The summed E-state index contributed by atoms with van der Waals surface area (Å²) in [7, 11) is 0. The first-order valence-electron chi connectivity index (χ1n) is 17.1. The third-order valence-electron chi connectivity index (χ3n) is 10.1. The smallest absolute Gasteiger partial charge is 0.159 e. The fourth-order valence-corrected chi connectivity index (χ4v) is 9.05. The summed E-state index contributed by atoms with van der Waals surface area (Å²) in [5, 5.41) is 12.2. The Balaban J connectivity index is 1.16. The molecule has 0 unspecified atom stereocenters. The van der Waals surface area contributed by atoms with Gasteiger partial charge in [0.05, 0.1) is 10.4 Å². The minimum absolute atomic E-state index is 0.709. The van der Waals surface area contributed by atoms with Gasteiger partial charge in [0.15, 0.2) is 5.82 Å². The van der Waals surface area contributed by atoms with E-state index < -0.39 is 0 Å². The van der Waals surface area contributed by atoms with Gasteiger partial charge in [0.2, 0.25) is 0 Å². The zero-order chi connectivity index (χ0) is 33.5. The molecule has 0 atom stereocenters. The van der Waals surface area contributed by atoms with Gasteiger partial charge in [-0.25, -0.2) is 9.97 Å². The van der Waals surface area contributed by atoms with E-state index in [0.717, 1.165) is 44.6 Å². The zero-order valence-corrected chi connectivity index (χ0v) is 28.1. The van der Waals surface area contributed by atoms with Crippen LogP contribution >= 0.6 is 11.3 Å². The highest BCUT2D eigenvalue weighted by molar-refractivity contribution is 7.26. The highest BCUT2D eigenvalue weighted by atomic mass is 32.1. The van der Waals surface area contributed by atoms with Crippen molar-refractivity contribution in [2.45, 2.75) is 0 Å². The molecule has 0 fully saturated rings. The molecule has 3 aromatic heterocycles. The van der Waals surface area contributed by atoms with Gasteiger partial charge in [-0.3, -0.25) is 0 Å². The summed E-state index contributed by atoms with van der Waals surface area (Å²) >= 11 is 1.84. The second kappa shape index (κ2) is 11.0. The second-order valence-corrected chi connectivity index (χ2v) is 14.0. The lowest BCUT2D eigenvalue weighted by molar-refractivity contribution is 0.669. The number of rotatable bonds is 4. The summed E-state index contributed by atoms with van der Waals surface area (Å²) in [5.41, 5.74) is 5.97. The Kier molecular flexibility index (Phi) is 6.09. The minimum atomic E-state index is 0.709. The second-order valence-electron chi connectivity index (χ2n) is 13.0. The van der Waals surface area contributed by atoms with E-state index in [0.29, 0.717) is 5.82 Å². The summed E-state index contributed by atoms with van der Waals surface area (Å²) in [6.07, 6.45) is 3.56. The third kappa shape index (κ3) is 4.32. The summed E-state index contributed by atoms with van der Waals surface area (Å²) in [6, 6.07) is 54.3. The van der Waals surface area contributed by atoms with E-state index in [2.05, 4.69) is 160 Å². The molecule has 0 N–H and O–H groups in total. The molecule has 4 nitrogen and oxygen atoms in total. The van der Waals surface area contributed by atoms with Crippen molar-refractivity contribution in [3.05, 3.63) is 164 Å². The fourth-order valence-electron chi connectivity index (χ4n) is 7.84. The molecule has 51 heavy (non-hydrogen) atoms. The first-order chi connectivity index (χ1) is 25.3. The van der Waals surface area contributed by atoms with Crippen LogP contribution in [0.4, 0.5) is 17.1 Å². The lowest BCUT2D eigenvalue weighted by atomic mass is 9.93. The molecular weight excluding hydrogens is 643 g/mol.